The van der Waals surface area contributed by atoms with Crippen molar-refractivity contribution < 1.29 is 17.0 Å². The van der Waals surface area contributed by atoms with Crippen molar-refractivity contribution in [1.82, 2.24) is 0 Å². The Balaban J connectivity index is 0. The molecule has 2 heteroatoms. The van der Waals surface area contributed by atoms with Crippen molar-refractivity contribution in [3.8, 4) is 0 Å². The molecular weight excluding hydrogens is 184 g/mol. The van der Waals surface area contributed by atoms with Gasteiger partial charge in [0.15, 0.2) is 0 Å². The maximum absolute atomic E-state index is 2.27. The van der Waals surface area contributed by atoms with Gasteiger partial charge in [0.1, 0.15) is 17.3 Å². The van der Waals surface area contributed by atoms with Crippen LogP contribution in [0.5, 0.6) is 0 Å². The first-order valence-corrected chi connectivity index (χ1v) is 4.72. The Morgan fingerprint density at radius 3 is 1.12 bits per heavy atom. The van der Waals surface area contributed by atoms with E-state index >= 15 is 0 Å². The van der Waals surface area contributed by atoms with Gasteiger partial charge in [0, 0.05) is 0 Å². The van der Waals surface area contributed by atoms with E-state index in [0.717, 1.165) is 10.9 Å². The predicted octanol–water partition coefficient (Wildman–Crippen LogP) is -1.33. The largest absolute Gasteiger partial charge is 1.00 e. The van der Waals surface area contributed by atoms with Crippen LogP contribution in [0.25, 0.3) is 0 Å². The lowest BCUT2D eigenvalue weighted by molar-refractivity contribution is -0.00000167. The van der Waals surface area contributed by atoms with Crippen molar-refractivity contribution in [3.63, 3.8) is 0 Å². The van der Waals surface area contributed by atoms with Gasteiger partial charge in [-0.15, -0.1) is 0 Å². The lowest BCUT2D eigenvalue weighted by Crippen LogP contribution is -3.00. The molecule has 0 N–H and O–H groups in total. The van der Waals surface area contributed by atoms with Gasteiger partial charge in [-0.05, 0) is 31.7 Å². The molecule has 0 aromatic rings. The van der Waals surface area contributed by atoms with Crippen molar-refractivity contribution in [2.75, 3.05) is 17.3 Å². The lowest BCUT2D eigenvalue weighted by atomic mass is 10.9. The average Bonchev–Trinajstić information content (AvgIpc) is 1.72. The summed E-state index contributed by atoms with van der Waals surface area (Å²) in [5.41, 5.74) is 0. The van der Waals surface area contributed by atoms with E-state index in [-0.39, 0.29) is 17.0 Å². The van der Waals surface area contributed by atoms with Crippen LogP contribution in [-0.4, -0.2) is 17.3 Å². The van der Waals surface area contributed by atoms with Gasteiger partial charge in [0.25, 0.3) is 0 Å². The molecule has 0 saturated heterocycles. The summed E-state index contributed by atoms with van der Waals surface area (Å²) in [6, 6.07) is 0. The molecule has 0 unspecified atom stereocenters. The molecule has 0 radical (unpaired) electrons. The van der Waals surface area contributed by atoms with Crippen LogP contribution in [0.15, 0.2) is 0 Å². The van der Waals surface area contributed by atoms with E-state index in [9.17, 15) is 0 Å². The Hall–Kier alpha value is 0.830. The molecule has 0 aliphatic rings. The molecule has 0 rings (SSSR count). The van der Waals surface area contributed by atoms with Gasteiger partial charge in [-0.1, -0.05) is 0 Å². The summed E-state index contributed by atoms with van der Waals surface area (Å²) in [5, 5.41) is 0. The van der Waals surface area contributed by atoms with E-state index in [0.29, 0.717) is 0 Å². The molecule has 0 amide bonds. The van der Waals surface area contributed by atoms with E-state index in [1.165, 1.54) is 17.3 Å². The number of hydrogen-bond acceptors (Lipinski definition) is 0. The third-order valence-electron chi connectivity index (χ3n) is 1.22. The monoisotopic (exact) mass is 198 g/mol. The van der Waals surface area contributed by atoms with E-state index in [4.69, 9.17) is 0 Å². The fraction of sp³-hybridized carbons (Fsp3) is 1.00. The molecule has 0 atom stereocenters. The van der Waals surface area contributed by atoms with Crippen LogP contribution in [0, 0.1) is 0 Å². The standard InChI is InChI=1S/C6H15S.BrH/c1-4-7(5-2)6-3;/h4-6H2,1-3H3;1H/q+1;/p-1. The van der Waals surface area contributed by atoms with Crippen LogP contribution in [0.4, 0.5) is 0 Å². The van der Waals surface area contributed by atoms with Gasteiger partial charge in [-0.2, -0.15) is 0 Å². The Morgan fingerprint density at radius 2 is 1.12 bits per heavy atom. The zero-order valence-corrected chi connectivity index (χ0v) is 8.31. The molecule has 52 valence electrons. The topological polar surface area (TPSA) is 0 Å². The second-order valence-electron chi connectivity index (χ2n) is 1.48. The summed E-state index contributed by atoms with van der Waals surface area (Å²) in [7, 11) is 0.755. The summed E-state index contributed by atoms with van der Waals surface area (Å²) < 4.78 is 0. The van der Waals surface area contributed by atoms with Gasteiger partial charge in [-0.25, -0.2) is 0 Å². The first-order chi connectivity index (χ1) is 3.35. The van der Waals surface area contributed by atoms with Crippen LogP contribution >= 0.6 is 0 Å². The number of hydrogen-bond donors (Lipinski definition) is 0. The molecule has 8 heavy (non-hydrogen) atoms. The molecule has 0 nitrogen and oxygen atoms in total. The SMILES string of the molecule is CC[S+](CC)CC.[Br-]. The normalized spacial score (nSPS) is 9.00. The molecule has 0 fully saturated rings. The van der Waals surface area contributed by atoms with Crippen molar-refractivity contribution >= 4 is 10.9 Å². The van der Waals surface area contributed by atoms with Crippen LogP contribution in [0.3, 0.4) is 0 Å². The fourth-order valence-electron chi connectivity index (χ4n) is 0.612. The number of rotatable bonds is 3. The maximum atomic E-state index is 2.27. The first kappa shape index (κ1) is 11.6. The predicted molar refractivity (Wildman–Crippen MR) is 39.0 cm³/mol. The van der Waals surface area contributed by atoms with E-state index in [1.807, 2.05) is 0 Å². The Bertz CT molecular complexity index is 30.0. The summed E-state index contributed by atoms with van der Waals surface area (Å²) in [5.74, 6) is 4.15. The highest BCUT2D eigenvalue weighted by Crippen LogP contribution is 1.92. The highest BCUT2D eigenvalue weighted by molar-refractivity contribution is 7.96. The second-order valence-corrected chi connectivity index (χ2v) is 4.44. The van der Waals surface area contributed by atoms with E-state index in [1.54, 1.807) is 0 Å². The van der Waals surface area contributed by atoms with Gasteiger partial charge in [-0.3, -0.25) is 0 Å². The molecule has 0 aliphatic heterocycles. The Morgan fingerprint density at radius 1 is 0.875 bits per heavy atom. The van der Waals surface area contributed by atoms with Crippen LogP contribution < -0.4 is 17.0 Å². The van der Waals surface area contributed by atoms with Crippen molar-refractivity contribution in [1.29, 1.82) is 0 Å². The summed E-state index contributed by atoms with van der Waals surface area (Å²) in [6.45, 7) is 6.82. The number of halogens is 1. The van der Waals surface area contributed by atoms with E-state index < -0.39 is 0 Å². The third-order valence-corrected chi connectivity index (χ3v) is 3.67. The minimum absolute atomic E-state index is 0. The third kappa shape index (κ3) is 4.98. The van der Waals surface area contributed by atoms with Gasteiger partial charge < -0.3 is 17.0 Å². The van der Waals surface area contributed by atoms with Crippen molar-refractivity contribution in [3.05, 3.63) is 0 Å². The average molecular weight is 199 g/mol. The molecular formula is C6H15BrS. The van der Waals surface area contributed by atoms with Gasteiger partial charge >= 0.3 is 0 Å². The minimum Gasteiger partial charge on any atom is -1.00 e. The molecule has 0 bridgehead atoms. The quantitative estimate of drug-likeness (QED) is 0.494. The summed E-state index contributed by atoms with van der Waals surface area (Å²) in [6.07, 6.45) is 0. The molecule has 0 aliphatic carbocycles. The smallest absolute Gasteiger partial charge is 0.105 e. The maximum Gasteiger partial charge on any atom is 0.105 e. The lowest BCUT2D eigenvalue weighted by Gasteiger charge is -1.96. The highest BCUT2D eigenvalue weighted by atomic mass is 79.9. The Labute approximate surface area is 66.2 Å². The van der Waals surface area contributed by atoms with Crippen molar-refractivity contribution in [2.45, 2.75) is 20.8 Å². The molecule has 0 heterocycles. The minimum atomic E-state index is 0. The van der Waals surface area contributed by atoms with E-state index in [2.05, 4.69) is 20.8 Å². The molecule has 0 aromatic carbocycles. The van der Waals surface area contributed by atoms with Crippen LogP contribution in [0.1, 0.15) is 20.8 Å². The molecule has 0 saturated carbocycles. The van der Waals surface area contributed by atoms with Crippen molar-refractivity contribution in [2.24, 2.45) is 0 Å². The van der Waals surface area contributed by atoms with Crippen LogP contribution in [-0.2, 0) is 10.9 Å². The summed E-state index contributed by atoms with van der Waals surface area (Å²) in [4.78, 5) is 0. The zero-order chi connectivity index (χ0) is 5.70. The fourth-order valence-corrected chi connectivity index (χ4v) is 1.84. The molecule has 0 aromatic heterocycles. The van der Waals surface area contributed by atoms with Gasteiger partial charge in [0.05, 0.1) is 0 Å². The molecule has 0 spiro atoms. The van der Waals surface area contributed by atoms with Gasteiger partial charge in [0.2, 0.25) is 0 Å². The highest BCUT2D eigenvalue weighted by Gasteiger charge is 2.05. The second kappa shape index (κ2) is 7.83. The summed E-state index contributed by atoms with van der Waals surface area (Å²) >= 11 is 0. The Kier molecular flexibility index (Phi) is 11.4. The first-order valence-electron chi connectivity index (χ1n) is 2.99. The zero-order valence-electron chi connectivity index (χ0n) is 5.91. The van der Waals surface area contributed by atoms with Crippen LogP contribution in [0.2, 0.25) is 0 Å².